The van der Waals surface area contributed by atoms with Gasteiger partial charge in [-0.3, -0.25) is 4.98 Å². The third-order valence-corrected chi connectivity index (χ3v) is 7.54. The van der Waals surface area contributed by atoms with Crippen molar-refractivity contribution in [1.82, 2.24) is 4.98 Å². The summed E-state index contributed by atoms with van der Waals surface area (Å²) in [5.74, 6) is -0.444. The first-order valence-electron chi connectivity index (χ1n) is 11.5. The minimum Gasteiger partial charge on any atom is -0.399 e. The Morgan fingerprint density at radius 2 is 1.06 bits per heavy atom. The minimum absolute atomic E-state index is 0.317. The van der Waals surface area contributed by atoms with Gasteiger partial charge in [0, 0.05) is 16.6 Å². The summed E-state index contributed by atoms with van der Waals surface area (Å²) in [5, 5.41) is 0. The molecule has 5 nitrogen and oxygen atoms in total. The zero-order valence-electron chi connectivity index (χ0n) is 21.4. The molecule has 2 aliphatic heterocycles. The smallest absolute Gasteiger partial charge is 0.399 e. The van der Waals surface area contributed by atoms with Crippen LogP contribution >= 0.6 is 0 Å². The maximum absolute atomic E-state index is 16.1. The molecule has 0 aliphatic carbocycles. The summed E-state index contributed by atoms with van der Waals surface area (Å²) in [5.41, 5.74) is 1.74. The molecule has 0 atom stereocenters. The number of hydrogen-bond donors (Lipinski definition) is 0. The molecule has 0 radical (unpaired) electrons. The van der Waals surface area contributed by atoms with Gasteiger partial charge in [0.1, 0.15) is 5.82 Å². The molecule has 0 unspecified atom stereocenters. The minimum atomic E-state index is -0.859. The fourth-order valence-electron chi connectivity index (χ4n) is 4.09. The topological polar surface area (TPSA) is 49.8 Å². The maximum Gasteiger partial charge on any atom is 0.497 e. The predicted octanol–water partition coefficient (Wildman–Crippen LogP) is 4.10. The van der Waals surface area contributed by atoms with Crippen molar-refractivity contribution >= 4 is 25.2 Å². The van der Waals surface area contributed by atoms with Gasteiger partial charge in [-0.05, 0) is 92.5 Å². The molecule has 1 aromatic heterocycles. The third-order valence-electron chi connectivity index (χ3n) is 7.54. The van der Waals surface area contributed by atoms with Gasteiger partial charge in [-0.1, -0.05) is 12.1 Å². The number of benzene rings is 1. The van der Waals surface area contributed by atoms with E-state index in [0.29, 0.717) is 10.9 Å². The summed E-state index contributed by atoms with van der Waals surface area (Å²) in [6.45, 7) is 19.6. The second-order valence-corrected chi connectivity index (χ2v) is 11.3. The van der Waals surface area contributed by atoms with E-state index in [9.17, 15) is 0 Å². The molecular formula is C25H34B2FNO4. The van der Waals surface area contributed by atoms with Crippen LogP contribution in [0.3, 0.4) is 0 Å². The average Bonchev–Trinajstić information content (AvgIpc) is 3.00. The van der Waals surface area contributed by atoms with Crippen molar-refractivity contribution in [3.05, 3.63) is 41.3 Å². The molecule has 4 rings (SSSR count). The Kier molecular flexibility index (Phi) is 5.65. The van der Waals surface area contributed by atoms with Gasteiger partial charge in [0.05, 0.1) is 28.1 Å². The predicted molar refractivity (Wildman–Crippen MR) is 131 cm³/mol. The first-order valence-corrected chi connectivity index (χ1v) is 11.5. The summed E-state index contributed by atoms with van der Waals surface area (Å²) in [6.07, 6.45) is 0. The molecule has 0 bridgehead atoms. The van der Waals surface area contributed by atoms with E-state index in [4.69, 9.17) is 23.6 Å². The summed E-state index contributed by atoms with van der Waals surface area (Å²) >= 11 is 0. The molecule has 8 heteroatoms. The van der Waals surface area contributed by atoms with E-state index in [2.05, 4.69) is 0 Å². The van der Waals surface area contributed by atoms with Gasteiger partial charge in [0.2, 0.25) is 0 Å². The van der Waals surface area contributed by atoms with Crippen LogP contribution < -0.4 is 10.9 Å². The quantitative estimate of drug-likeness (QED) is 0.656. The number of aromatic nitrogens is 1. The maximum atomic E-state index is 16.1. The molecule has 176 valence electrons. The van der Waals surface area contributed by atoms with Crippen molar-refractivity contribution in [2.45, 2.75) is 91.6 Å². The lowest BCUT2D eigenvalue weighted by Crippen LogP contribution is -2.45. The normalized spacial score (nSPS) is 22.8. The fraction of sp³-hybridized carbons (Fsp3) is 0.560. The number of halogens is 1. The number of hydrogen-bond acceptors (Lipinski definition) is 5. The van der Waals surface area contributed by atoms with Crippen molar-refractivity contribution in [3.63, 3.8) is 0 Å². The Balaban J connectivity index is 1.88. The highest BCUT2D eigenvalue weighted by Crippen LogP contribution is 2.38. The van der Waals surface area contributed by atoms with E-state index >= 15 is 4.39 Å². The van der Waals surface area contributed by atoms with Crippen LogP contribution in [0.4, 0.5) is 4.39 Å². The van der Waals surface area contributed by atoms with Crippen LogP contribution in [-0.2, 0) is 18.6 Å². The molecule has 3 heterocycles. The lowest BCUT2D eigenvalue weighted by atomic mass is 9.70. The Morgan fingerprint density at radius 1 is 0.667 bits per heavy atom. The van der Waals surface area contributed by atoms with Gasteiger partial charge in [-0.25, -0.2) is 4.39 Å². The van der Waals surface area contributed by atoms with E-state index in [1.165, 1.54) is 0 Å². The number of pyridine rings is 1. The lowest BCUT2D eigenvalue weighted by Gasteiger charge is -2.32. The van der Waals surface area contributed by atoms with Gasteiger partial charge in [0.25, 0.3) is 0 Å². The molecule has 0 saturated carbocycles. The van der Waals surface area contributed by atoms with E-state index in [0.717, 1.165) is 22.5 Å². The second kappa shape index (κ2) is 7.64. The standard InChI is InChI=1S/C25H34B2FNO4/c1-15-11-16(2)29-20(12-15)17-13-18(26-30-22(3,4)23(5,6)31-26)21(28)19(14-17)27-32-24(7,8)25(9,10)33-27/h11-14H,1-10H3. The highest BCUT2D eigenvalue weighted by Gasteiger charge is 2.55. The van der Waals surface area contributed by atoms with Crippen molar-refractivity contribution in [2.75, 3.05) is 0 Å². The lowest BCUT2D eigenvalue weighted by molar-refractivity contribution is 0.00578. The van der Waals surface area contributed by atoms with Gasteiger partial charge in [-0.2, -0.15) is 0 Å². The highest BCUT2D eigenvalue weighted by molar-refractivity contribution is 6.66. The van der Waals surface area contributed by atoms with Crippen molar-refractivity contribution < 1.29 is 23.0 Å². The van der Waals surface area contributed by atoms with Crippen LogP contribution in [0.2, 0.25) is 0 Å². The first-order chi connectivity index (χ1) is 15.0. The van der Waals surface area contributed by atoms with E-state index in [1.807, 2.05) is 81.4 Å². The van der Waals surface area contributed by atoms with Crippen LogP contribution in [0.1, 0.15) is 66.6 Å². The van der Waals surface area contributed by atoms with Gasteiger partial charge in [-0.15, -0.1) is 0 Å². The summed E-state index contributed by atoms with van der Waals surface area (Å²) < 4.78 is 40.9. The highest BCUT2D eigenvalue weighted by atomic mass is 19.1. The Hall–Kier alpha value is -1.73. The molecule has 0 amide bonds. The van der Waals surface area contributed by atoms with Crippen LogP contribution in [-0.4, -0.2) is 41.6 Å². The average molecular weight is 453 g/mol. The monoisotopic (exact) mass is 453 g/mol. The van der Waals surface area contributed by atoms with E-state index < -0.39 is 42.5 Å². The molecule has 2 aromatic rings. The molecule has 2 aliphatic rings. The zero-order chi connectivity index (χ0) is 24.6. The van der Waals surface area contributed by atoms with Gasteiger partial charge >= 0.3 is 14.2 Å². The van der Waals surface area contributed by atoms with Crippen molar-refractivity contribution in [2.24, 2.45) is 0 Å². The molecule has 0 N–H and O–H groups in total. The Morgan fingerprint density at radius 3 is 1.42 bits per heavy atom. The Bertz CT molecular complexity index is 991. The first kappa shape index (κ1) is 24.4. The molecular weight excluding hydrogens is 419 g/mol. The van der Waals surface area contributed by atoms with Crippen LogP contribution in [0.5, 0.6) is 0 Å². The summed E-state index contributed by atoms with van der Waals surface area (Å²) in [7, 11) is -1.72. The van der Waals surface area contributed by atoms with E-state index in [-0.39, 0.29) is 0 Å². The SMILES string of the molecule is Cc1cc(C)nc(-c2cc(B3OC(C)(C)C(C)(C)O3)c(F)c(B3OC(C)(C)C(C)(C)O3)c2)c1. The number of aryl methyl sites for hydroxylation is 2. The van der Waals surface area contributed by atoms with Crippen molar-refractivity contribution in [1.29, 1.82) is 0 Å². The van der Waals surface area contributed by atoms with Gasteiger partial charge in [0.15, 0.2) is 0 Å². The van der Waals surface area contributed by atoms with E-state index in [1.54, 1.807) is 12.1 Å². The molecule has 33 heavy (non-hydrogen) atoms. The third kappa shape index (κ3) is 4.16. The fourth-order valence-corrected chi connectivity index (χ4v) is 4.09. The summed E-state index contributed by atoms with van der Waals surface area (Å²) in [4.78, 5) is 4.70. The zero-order valence-corrected chi connectivity index (χ0v) is 21.4. The molecule has 2 saturated heterocycles. The van der Waals surface area contributed by atoms with Crippen LogP contribution in [0.25, 0.3) is 11.3 Å². The summed E-state index contributed by atoms with van der Waals surface area (Å²) in [6, 6.07) is 7.54. The largest absolute Gasteiger partial charge is 0.497 e. The number of rotatable bonds is 3. The van der Waals surface area contributed by atoms with Crippen LogP contribution in [0, 0.1) is 19.7 Å². The van der Waals surface area contributed by atoms with Crippen LogP contribution in [0.15, 0.2) is 24.3 Å². The molecule has 1 aromatic carbocycles. The second-order valence-electron chi connectivity index (χ2n) is 11.3. The Labute approximate surface area is 197 Å². The molecule has 2 fully saturated rings. The number of nitrogens with zero attached hydrogens (tertiary/aromatic N) is 1. The molecule has 0 spiro atoms. The van der Waals surface area contributed by atoms with Gasteiger partial charge < -0.3 is 18.6 Å². The van der Waals surface area contributed by atoms with Crippen molar-refractivity contribution in [3.8, 4) is 11.3 Å².